The predicted molar refractivity (Wildman–Crippen MR) is 49.1 cm³/mol. The molecule has 5 heteroatoms. The zero-order chi connectivity index (χ0) is 11.0. The highest BCUT2D eigenvalue weighted by Crippen LogP contribution is 2.24. The molecule has 15 heavy (non-hydrogen) atoms. The van der Waals surface area contributed by atoms with Crippen LogP contribution in [0.25, 0.3) is 0 Å². The average Bonchev–Trinajstić information content (AvgIpc) is 2.55. The first kappa shape index (κ1) is 9.76. The molecule has 1 aliphatic rings. The molecule has 1 aliphatic heterocycles. The number of rotatable bonds is 2. The van der Waals surface area contributed by atoms with E-state index < -0.39 is 12.2 Å². The quantitative estimate of drug-likeness (QED) is 0.755. The number of carbonyl (C=O) groups excluding carboxylic acids is 2. The molecule has 78 valence electrons. The molecule has 0 fully saturated rings. The van der Waals surface area contributed by atoms with Crippen LogP contribution in [0, 0.1) is 0 Å². The first-order valence-electron chi connectivity index (χ1n) is 4.33. The van der Waals surface area contributed by atoms with E-state index in [0.717, 1.165) is 0 Å². The van der Waals surface area contributed by atoms with E-state index in [9.17, 15) is 18.4 Å². The van der Waals surface area contributed by atoms with Crippen LogP contribution in [0.5, 0.6) is 0 Å². The molecule has 0 spiro atoms. The van der Waals surface area contributed by atoms with Crippen molar-refractivity contribution in [2.75, 3.05) is 5.32 Å². The lowest BCUT2D eigenvalue weighted by Crippen LogP contribution is -2.10. The summed E-state index contributed by atoms with van der Waals surface area (Å²) in [5, 5.41) is 2.56. The second kappa shape index (κ2) is 3.42. The van der Waals surface area contributed by atoms with Gasteiger partial charge in [-0.15, -0.1) is 0 Å². The molecular weight excluding hydrogens is 204 g/mol. The number of nitrogens with one attached hydrogen (secondary N) is 1. The highest BCUT2D eigenvalue weighted by atomic mass is 19.3. The summed E-state index contributed by atoms with van der Waals surface area (Å²) in [4.78, 5) is 21.9. The number of Topliss-reactive ketones (excluding diaryl/α,β-unsaturated/α-hetero) is 1. The number of carbonyl (C=O) groups is 2. The number of alkyl halides is 2. The van der Waals surface area contributed by atoms with Gasteiger partial charge in [-0.2, -0.15) is 0 Å². The van der Waals surface area contributed by atoms with Gasteiger partial charge in [-0.25, -0.2) is 8.78 Å². The lowest BCUT2D eigenvalue weighted by atomic mass is 10.1. The van der Waals surface area contributed by atoms with Crippen molar-refractivity contribution in [1.29, 1.82) is 0 Å². The molecule has 0 saturated carbocycles. The Balaban J connectivity index is 2.35. The lowest BCUT2D eigenvalue weighted by Gasteiger charge is -2.02. The van der Waals surface area contributed by atoms with Crippen LogP contribution in [0.3, 0.4) is 0 Å². The van der Waals surface area contributed by atoms with Crippen molar-refractivity contribution in [2.24, 2.45) is 0 Å². The molecule has 1 N–H and O–H groups in total. The van der Waals surface area contributed by atoms with Crippen molar-refractivity contribution in [3.63, 3.8) is 0 Å². The molecule has 1 amide bonds. The van der Waals surface area contributed by atoms with Crippen molar-refractivity contribution in [2.45, 2.75) is 12.8 Å². The average molecular weight is 211 g/mol. The summed E-state index contributed by atoms with van der Waals surface area (Å²) < 4.78 is 24.2. The molecule has 0 saturated heterocycles. The summed E-state index contributed by atoms with van der Waals surface area (Å²) in [5.41, 5.74) is 1.12. The van der Waals surface area contributed by atoms with Gasteiger partial charge in [0.25, 0.3) is 0 Å². The summed E-state index contributed by atoms with van der Waals surface area (Å²) in [6.45, 7) is 0. The van der Waals surface area contributed by atoms with Crippen LogP contribution in [-0.4, -0.2) is 18.1 Å². The molecule has 0 radical (unpaired) electrons. The number of benzene rings is 1. The van der Waals surface area contributed by atoms with E-state index in [1.165, 1.54) is 18.2 Å². The van der Waals surface area contributed by atoms with E-state index >= 15 is 0 Å². The fourth-order valence-corrected chi connectivity index (χ4v) is 1.51. The van der Waals surface area contributed by atoms with Crippen molar-refractivity contribution in [3.8, 4) is 0 Å². The first-order chi connectivity index (χ1) is 7.08. The summed E-state index contributed by atoms with van der Waals surface area (Å²) in [6, 6.07) is 4.09. The lowest BCUT2D eigenvalue weighted by molar-refractivity contribution is -0.115. The van der Waals surface area contributed by atoms with E-state index in [0.29, 0.717) is 11.3 Å². The highest BCUT2D eigenvalue weighted by molar-refractivity contribution is 6.03. The van der Waals surface area contributed by atoms with Gasteiger partial charge in [0.1, 0.15) is 0 Å². The third kappa shape index (κ3) is 1.72. The SMILES string of the molecule is O=C1Cc2cc(C(=O)C(F)F)ccc2N1. The standard InChI is InChI=1S/C10H7F2NO2/c11-10(12)9(15)5-1-2-7-6(3-5)4-8(14)13-7/h1-3,10H,4H2,(H,13,14). The Morgan fingerprint density at radius 2 is 2.13 bits per heavy atom. The molecule has 0 bridgehead atoms. The Labute approximate surface area is 84.1 Å². The molecule has 0 unspecified atom stereocenters. The number of fused-ring (bicyclic) bond motifs is 1. The third-order valence-corrected chi connectivity index (χ3v) is 2.21. The number of ketones is 1. The van der Waals surface area contributed by atoms with Gasteiger partial charge in [-0.1, -0.05) is 0 Å². The van der Waals surface area contributed by atoms with Crippen LogP contribution >= 0.6 is 0 Å². The maximum absolute atomic E-state index is 12.1. The van der Waals surface area contributed by atoms with Crippen LogP contribution in [0.2, 0.25) is 0 Å². The van der Waals surface area contributed by atoms with E-state index in [-0.39, 0.29) is 17.9 Å². The molecule has 0 atom stereocenters. The Bertz CT molecular complexity index is 443. The minimum absolute atomic E-state index is 0.0553. The fourth-order valence-electron chi connectivity index (χ4n) is 1.51. The zero-order valence-electron chi connectivity index (χ0n) is 7.59. The number of anilines is 1. The summed E-state index contributed by atoms with van der Waals surface area (Å²) >= 11 is 0. The number of hydrogen-bond acceptors (Lipinski definition) is 2. The van der Waals surface area contributed by atoms with Crippen molar-refractivity contribution in [3.05, 3.63) is 29.3 Å². The van der Waals surface area contributed by atoms with Crippen LogP contribution in [0.4, 0.5) is 14.5 Å². The van der Waals surface area contributed by atoms with Crippen LogP contribution in [0.15, 0.2) is 18.2 Å². The van der Waals surface area contributed by atoms with E-state index in [2.05, 4.69) is 5.32 Å². The van der Waals surface area contributed by atoms with E-state index in [4.69, 9.17) is 0 Å². The Kier molecular flexibility index (Phi) is 2.22. The van der Waals surface area contributed by atoms with Gasteiger partial charge < -0.3 is 5.32 Å². The number of amides is 1. The molecule has 3 nitrogen and oxygen atoms in total. The van der Waals surface area contributed by atoms with Crippen molar-refractivity contribution >= 4 is 17.4 Å². The molecule has 0 aromatic heterocycles. The topological polar surface area (TPSA) is 46.2 Å². The van der Waals surface area contributed by atoms with Gasteiger partial charge in [0.05, 0.1) is 6.42 Å². The molecule has 1 aromatic rings. The van der Waals surface area contributed by atoms with Gasteiger partial charge in [-0.3, -0.25) is 9.59 Å². The molecule has 0 aliphatic carbocycles. The summed E-state index contributed by atoms with van der Waals surface area (Å²) in [5.74, 6) is -1.40. The van der Waals surface area contributed by atoms with E-state index in [1.54, 1.807) is 0 Å². The highest BCUT2D eigenvalue weighted by Gasteiger charge is 2.22. The minimum Gasteiger partial charge on any atom is -0.326 e. The van der Waals surface area contributed by atoms with Gasteiger partial charge >= 0.3 is 6.43 Å². The summed E-state index contributed by atoms with van der Waals surface area (Å²) in [6.07, 6.45) is -2.87. The van der Waals surface area contributed by atoms with E-state index in [1.807, 2.05) is 0 Å². The predicted octanol–water partition coefficient (Wildman–Crippen LogP) is 1.63. The van der Waals surface area contributed by atoms with Crippen LogP contribution < -0.4 is 5.32 Å². The Hall–Kier alpha value is -1.78. The second-order valence-corrected chi connectivity index (χ2v) is 3.26. The minimum atomic E-state index is -3.01. The van der Waals surface area contributed by atoms with Crippen molar-refractivity contribution in [1.82, 2.24) is 0 Å². The number of hydrogen-bond donors (Lipinski definition) is 1. The Morgan fingerprint density at radius 3 is 2.80 bits per heavy atom. The second-order valence-electron chi connectivity index (χ2n) is 3.26. The molecule has 1 heterocycles. The van der Waals surface area contributed by atoms with Gasteiger partial charge in [0, 0.05) is 11.3 Å². The van der Waals surface area contributed by atoms with Gasteiger partial charge in [-0.05, 0) is 23.8 Å². The zero-order valence-corrected chi connectivity index (χ0v) is 7.59. The third-order valence-electron chi connectivity index (χ3n) is 2.21. The molecule has 2 rings (SSSR count). The first-order valence-corrected chi connectivity index (χ1v) is 4.33. The van der Waals surface area contributed by atoms with Gasteiger partial charge in [0.2, 0.25) is 11.7 Å². The smallest absolute Gasteiger partial charge is 0.300 e. The monoisotopic (exact) mass is 211 g/mol. The van der Waals surface area contributed by atoms with Crippen LogP contribution in [0.1, 0.15) is 15.9 Å². The molecule has 1 aromatic carbocycles. The normalized spacial score (nSPS) is 13.9. The van der Waals surface area contributed by atoms with Gasteiger partial charge in [0.15, 0.2) is 0 Å². The summed E-state index contributed by atoms with van der Waals surface area (Å²) in [7, 11) is 0. The van der Waals surface area contributed by atoms with Crippen molar-refractivity contribution < 1.29 is 18.4 Å². The number of halogens is 2. The fraction of sp³-hybridized carbons (Fsp3) is 0.200. The molecular formula is C10H7F2NO2. The van der Waals surface area contributed by atoms with Crippen LogP contribution in [-0.2, 0) is 11.2 Å². The maximum atomic E-state index is 12.1. The maximum Gasteiger partial charge on any atom is 0.300 e. The Morgan fingerprint density at radius 1 is 1.40 bits per heavy atom. The largest absolute Gasteiger partial charge is 0.326 e.